The highest BCUT2D eigenvalue weighted by Crippen LogP contribution is 2.22. The molecule has 2 aliphatic heterocycles. The van der Waals surface area contributed by atoms with Gasteiger partial charge in [-0.1, -0.05) is 43.2 Å². The highest BCUT2D eigenvalue weighted by molar-refractivity contribution is 5.75. The normalized spacial score (nSPS) is 22.7. The topological polar surface area (TPSA) is 91.2 Å². The number of likely N-dealkylation sites (tertiary alicyclic amines) is 1. The molecular formula is C21H32N8O. The number of benzene rings is 1. The van der Waals surface area contributed by atoms with E-state index in [0.29, 0.717) is 13.1 Å². The summed E-state index contributed by atoms with van der Waals surface area (Å²) < 4.78 is 1.65. The Hall–Kier alpha value is -2.36. The maximum absolute atomic E-state index is 12.8. The van der Waals surface area contributed by atoms with Gasteiger partial charge in [0.25, 0.3) is 0 Å². The van der Waals surface area contributed by atoms with E-state index in [1.165, 1.54) is 31.2 Å². The fourth-order valence-electron chi connectivity index (χ4n) is 4.28. The number of hydrogen-bond donors (Lipinski definition) is 2. The molecule has 4 rings (SSSR count). The molecule has 1 aromatic carbocycles. The molecule has 1 amide bonds. The lowest BCUT2D eigenvalue weighted by molar-refractivity contribution is -0.131. The molecule has 0 radical (unpaired) electrons. The fraction of sp³-hybridized carbons (Fsp3) is 0.619. The number of hydrogen-bond acceptors (Lipinski definition) is 7. The number of carbonyl (C=O) groups is 1. The average molecular weight is 413 g/mol. The van der Waals surface area contributed by atoms with Crippen molar-refractivity contribution in [2.75, 3.05) is 26.7 Å². The lowest BCUT2D eigenvalue weighted by atomic mass is 10.0. The van der Waals surface area contributed by atoms with Crippen LogP contribution in [0.25, 0.3) is 0 Å². The highest BCUT2D eigenvalue weighted by atomic mass is 16.2. The zero-order valence-electron chi connectivity index (χ0n) is 17.7. The molecule has 3 heterocycles. The molecule has 0 spiro atoms. The molecule has 162 valence electrons. The Kier molecular flexibility index (Phi) is 7.03. The number of likely N-dealkylation sites (N-methyl/N-ethyl adjacent to an activating group) is 1. The van der Waals surface area contributed by atoms with E-state index in [2.05, 4.69) is 55.5 Å². The minimum Gasteiger partial charge on any atom is -0.343 e. The largest absolute Gasteiger partial charge is 0.343 e. The van der Waals surface area contributed by atoms with Crippen molar-refractivity contribution < 1.29 is 4.79 Å². The van der Waals surface area contributed by atoms with Crippen LogP contribution in [-0.2, 0) is 17.9 Å². The zero-order chi connectivity index (χ0) is 20.8. The van der Waals surface area contributed by atoms with Gasteiger partial charge in [0, 0.05) is 25.7 Å². The number of nitrogens with one attached hydrogen (secondary N) is 2. The monoisotopic (exact) mass is 412 g/mol. The molecular weight excluding hydrogens is 380 g/mol. The van der Waals surface area contributed by atoms with Crippen molar-refractivity contribution in [2.45, 2.75) is 57.3 Å². The highest BCUT2D eigenvalue weighted by Gasteiger charge is 2.27. The van der Waals surface area contributed by atoms with Gasteiger partial charge >= 0.3 is 0 Å². The minimum atomic E-state index is 0.0179. The predicted octanol–water partition coefficient (Wildman–Crippen LogP) is 1.12. The molecule has 1 aromatic heterocycles. The van der Waals surface area contributed by atoms with Crippen molar-refractivity contribution >= 4 is 5.91 Å². The van der Waals surface area contributed by atoms with Gasteiger partial charge in [0.1, 0.15) is 6.54 Å². The Morgan fingerprint density at radius 3 is 2.67 bits per heavy atom. The second kappa shape index (κ2) is 10.1. The van der Waals surface area contributed by atoms with Crippen LogP contribution in [0.1, 0.15) is 49.5 Å². The summed E-state index contributed by atoms with van der Waals surface area (Å²) >= 11 is 0. The molecule has 30 heavy (non-hydrogen) atoms. The molecule has 2 aliphatic rings. The average Bonchev–Trinajstić information content (AvgIpc) is 3.32. The maximum atomic E-state index is 12.8. The van der Waals surface area contributed by atoms with Crippen LogP contribution in [0.4, 0.5) is 0 Å². The van der Waals surface area contributed by atoms with Crippen molar-refractivity contribution in [3.63, 3.8) is 0 Å². The SMILES string of the molecule is CN(CC1CC(c2ccccc2)NN1)C(=O)Cn1nnnc1CN1CCCCCC1. The van der Waals surface area contributed by atoms with Gasteiger partial charge in [-0.15, -0.1) is 5.10 Å². The van der Waals surface area contributed by atoms with Crippen LogP contribution in [0.15, 0.2) is 30.3 Å². The summed E-state index contributed by atoms with van der Waals surface area (Å²) in [7, 11) is 1.85. The third kappa shape index (κ3) is 5.41. The van der Waals surface area contributed by atoms with Gasteiger partial charge in [-0.2, -0.15) is 0 Å². The second-order valence-corrected chi connectivity index (χ2v) is 8.40. The van der Waals surface area contributed by atoms with Gasteiger partial charge in [0.2, 0.25) is 5.91 Å². The van der Waals surface area contributed by atoms with Gasteiger partial charge in [-0.05, 0) is 48.3 Å². The molecule has 0 aliphatic carbocycles. The number of aromatic nitrogens is 4. The Morgan fingerprint density at radius 2 is 1.90 bits per heavy atom. The lowest BCUT2D eigenvalue weighted by Gasteiger charge is -2.22. The zero-order valence-corrected chi connectivity index (χ0v) is 17.7. The molecule has 2 fully saturated rings. The molecule has 0 saturated carbocycles. The van der Waals surface area contributed by atoms with E-state index >= 15 is 0 Å². The van der Waals surface area contributed by atoms with Crippen LogP contribution < -0.4 is 10.9 Å². The molecule has 2 atom stereocenters. The molecule has 9 nitrogen and oxygen atoms in total. The summed E-state index contributed by atoms with van der Waals surface area (Å²) in [5.74, 6) is 0.785. The standard InChI is InChI=1S/C21H32N8O/c1-27(14-18-13-19(23-22-18)17-9-5-4-6-10-17)21(30)16-29-20(24-25-26-29)15-28-11-7-2-3-8-12-28/h4-6,9-10,18-19,22-23H,2-3,7-8,11-16H2,1H3. The van der Waals surface area contributed by atoms with Crippen molar-refractivity contribution in [2.24, 2.45) is 0 Å². The van der Waals surface area contributed by atoms with Crippen LogP contribution in [-0.4, -0.2) is 68.6 Å². The van der Waals surface area contributed by atoms with E-state index in [0.717, 1.165) is 25.3 Å². The van der Waals surface area contributed by atoms with Gasteiger partial charge in [-0.3, -0.25) is 15.1 Å². The van der Waals surface area contributed by atoms with Gasteiger partial charge in [-0.25, -0.2) is 10.1 Å². The number of nitrogens with zero attached hydrogens (tertiary/aromatic N) is 6. The van der Waals surface area contributed by atoms with Crippen LogP contribution in [0.3, 0.4) is 0 Å². The third-order valence-electron chi connectivity index (χ3n) is 6.06. The van der Waals surface area contributed by atoms with E-state index < -0.39 is 0 Å². The van der Waals surface area contributed by atoms with Crippen molar-refractivity contribution in [1.29, 1.82) is 0 Å². The number of tetrazole rings is 1. The predicted molar refractivity (Wildman–Crippen MR) is 113 cm³/mol. The summed E-state index contributed by atoms with van der Waals surface area (Å²) in [6.45, 7) is 3.66. The van der Waals surface area contributed by atoms with E-state index in [4.69, 9.17) is 0 Å². The van der Waals surface area contributed by atoms with Gasteiger partial charge in [0.15, 0.2) is 5.82 Å². The summed E-state index contributed by atoms with van der Waals surface area (Å²) in [4.78, 5) is 17.0. The van der Waals surface area contributed by atoms with Crippen LogP contribution in [0.5, 0.6) is 0 Å². The van der Waals surface area contributed by atoms with Crippen molar-refractivity contribution in [3.8, 4) is 0 Å². The first-order valence-electron chi connectivity index (χ1n) is 11.0. The van der Waals surface area contributed by atoms with Crippen molar-refractivity contribution in [3.05, 3.63) is 41.7 Å². The summed E-state index contributed by atoms with van der Waals surface area (Å²) in [6, 6.07) is 10.8. The summed E-state index contributed by atoms with van der Waals surface area (Å²) in [5.41, 5.74) is 7.92. The van der Waals surface area contributed by atoms with E-state index in [1.807, 2.05) is 13.1 Å². The molecule has 0 bridgehead atoms. The molecule has 9 heteroatoms. The molecule has 2 unspecified atom stereocenters. The lowest BCUT2D eigenvalue weighted by Crippen LogP contribution is -2.42. The van der Waals surface area contributed by atoms with Gasteiger partial charge in [0.05, 0.1) is 6.54 Å². The van der Waals surface area contributed by atoms with Crippen LogP contribution in [0.2, 0.25) is 0 Å². The summed E-state index contributed by atoms with van der Waals surface area (Å²) in [6.07, 6.45) is 5.96. The first kappa shape index (κ1) is 20.9. The Morgan fingerprint density at radius 1 is 1.13 bits per heavy atom. The third-order valence-corrected chi connectivity index (χ3v) is 6.06. The second-order valence-electron chi connectivity index (χ2n) is 8.40. The van der Waals surface area contributed by atoms with E-state index in [9.17, 15) is 4.79 Å². The van der Waals surface area contributed by atoms with Crippen LogP contribution in [0, 0.1) is 0 Å². The van der Waals surface area contributed by atoms with Gasteiger partial charge < -0.3 is 4.90 Å². The number of amides is 1. The Labute approximate surface area is 177 Å². The Balaban J connectivity index is 1.27. The first-order valence-corrected chi connectivity index (χ1v) is 11.0. The first-order chi connectivity index (χ1) is 14.7. The van der Waals surface area contributed by atoms with E-state index in [-0.39, 0.29) is 24.5 Å². The smallest absolute Gasteiger partial charge is 0.244 e. The fourth-order valence-corrected chi connectivity index (χ4v) is 4.28. The van der Waals surface area contributed by atoms with Crippen LogP contribution >= 0.6 is 0 Å². The molecule has 2 saturated heterocycles. The summed E-state index contributed by atoms with van der Waals surface area (Å²) in [5, 5.41) is 12.0. The molecule has 2 aromatic rings. The van der Waals surface area contributed by atoms with Crippen molar-refractivity contribution in [1.82, 2.24) is 40.9 Å². The Bertz CT molecular complexity index is 802. The van der Waals surface area contributed by atoms with E-state index in [1.54, 1.807) is 9.58 Å². The molecule has 2 N–H and O–H groups in total. The quantitative estimate of drug-likeness (QED) is 0.704. The number of carbonyl (C=O) groups excluding carboxylic acids is 1. The number of rotatable bonds is 7. The maximum Gasteiger partial charge on any atom is 0.244 e. The minimum absolute atomic E-state index is 0.0179. The number of hydrazine groups is 1.